The smallest absolute Gasteiger partial charge is 0.274 e. The average molecular weight is 392 g/mol. The maximum Gasteiger partial charge on any atom is 0.274 e. The molecule has 1 aromatic carbocycles. The third-order valence-corrected chi connectivity index (χ3v) is 4.97. The number of aliphatic hydroxyl groups excluding tert-OH is 1. The Labute approximate surface area is 150 Å². The Morgan fingerprint density at radius 2 is 2.17 bits per heavy atom. The first kappa shape index (κ1) is 17.2. The van der Waals surface area contributed by atoms with Crippen LogP contribution < -0.4 is 0 Å². The summed E-state index contributed by atoms with van der Waals surface area (Å²) in [6.07, 6.45) is 4.04. The van der Waals surface area contributed by atoms with E-state index in [4.69, 9.17) is 0 Å². The van der Waals surface area contributed by atoms with E-state index in [1.165, 1.54) is 0 Å². The molecule has 24 heavy (non-hydrogen) atoms. The van der Waals surface area contributed by atoms with Gasteiger partial charge in [0, 0.05) is 28.8 Å². The fourth-order valence-electron chi connectivity index (χ4n) is 3.27. The van der Waals surface area contributed by atoms with Crippen LogP contribution in [0.3, 0.4) is 0 Å². The molecule has 1 aliphatic carbocycles. The molecule has 0 spiro atoms. The first-order valence-corrected chi connectivity index (χ1v) is 9.21. The van der Waals surface area contributed by atoms with Crippen LogP contribution in [0.1, 0.15) is 41.5 Å². The van der Waals surface area contributed by atoms with Crippen molar-refractivity contribution in [3.63, 3.8) is 0 Å². The number of likely N-dealkylation sites (N-methyl/N-ethyl adjacent to an activating group) is 1. The highest BCUT2D eigenvalue weighted by atomic mass is 79.9. The number of carbonyl (C=O) groups excluding carboxylic acids is 1. The van der Waals surface area contributed by atoms with Crippen molar-refractivity contribution in [2.45, 2.75) is 32.6 Å². The molecule has 128 valence electrons. The maximum atomic E-state index is 12.9. The Balaban J connectivity index is 2.06. The van der Waals surface area contributed by atoms with Gasteiger partial charge < -0.3 is 10.0 Å². The van der Waals surface area contributed by atoms with E-state index in [2.05, 4.69) is 21.0 Å². The van der Waals surface area contributed by atoms with Crippen molar-refractivity contribution in [2.24, 2.45) is 0 Å². The number of aliphatic hydroxyl groups is 1. The van der Waals surface area contributed by atoms with Crippen molar-refractivity contribution < 1.29 is 9.90 Å². The lowest BCUT2D eigenvalue weighted by atomic mass is 9.95. The van der Waals surface area contributed by atoms with Crippen LogP contribution in [-0.4, -0.2) is 45.4 Å². The molecule has 1 amide bonds. The third kappa shape index (κ3) is 3.26. The van der Waals surface area contributed by atoms with Gasteiger partial charge >= 0.3 is 0 Å². The SMILES string of the molecule is CCN(CCO)C(=O)c1nn(-c2cccc(Br)c2)c2c1CCCC2. The van der Waals surface area contributed by atoms with Crippen LogP contribution >= 0.6 is 15.9 Å². The van der Waals surface area contributed by atoms with Crippen molar-refractivity contribution in [1.29, 1.82) is 0 Å². The second-order valence-corrected chi connectivity index (χ2v) is 6.90. The fourth-order valence-corrected chi connectivity index (χ4v) is 3.65. The van der Waals surface area contributed by atoms with Crippen molar-refractivity contribution in [2.75, 3.05) is 19.7 Å². The molecule has 0 fully saturated rings. The third-order valence-electron chi connectivity index (χ3n) is 4.47. The van der Waals surface area contributed by atoms with Crippen LogP contribution in [0.5, 0.6) is 0 Å². The lowest BCUT2D eigenvalue weighted by molar-refractivity contribution is 0.0724. The number of aromatic nitrogens is 2. The summed E-state index contributed by atoms with van der Waals surface area (Å²) in [5, 5.41) is 13.9. The van der Waals surface area contributed by atoms with E-state index in [-0.39, 0.29) is 12.5 Å². The van der Waals surface area contributed by atoms with Gasteiger partial charge in [0.25, 0.3) is 5.91 Å². The van der Waals surface area contributed by atoms with Crippen LogP contribution in [0, 0.1) is 0 Å². The molecular formula is C18H22BrN3O2. The molecule has 3 rings (SSSR count). The quantitative estimate of drug-likeness (QED) is 0.851. The number of halogens is 1. The van der Waals surface area contributed by atoms with E-state index in [0.717, 1.165) is 47.1 Å². The van der Waals surface area contributed by atoms with Gasteiger partial charge in [-0.1, -0.05) is 22.0 Å². The number of nitrogens with zero attached hydrogens (tertiary/aromatic N) is 3. The summed E-state index contributed by atoms with van der Waals surface area (Å²) in [6, 6.07) is 7.97. The number of hydrogen-bond donors (Lipinski definition) is 1. The van der Waals surface area contributed by atoms with Gasteiger partial charge in [-0.2, -0.15) is 5.10 Å². The van der Waals surface area contributed by atoms with Crippen molar-refractivity contribution >= 4 is 21.8 Å². The second kappa shape index (κ2) is 7.49. The molecule has 0 unspecified atom stereocenters. The zero-order chi connectivity index (χ0) is 17.1. The van der Waals surface area contributed by atoms with E-state index in [0.29, 0.717) is 18.8 Å². The van der Waals surface area contributed by atoms with Crippen LogP contribution in [0.2, 0.25) is 0 Å². The number of benzene rings is 1. The summed E-state index contributed by atoms with van der Waals surface area (Å²) < 4.78 is 2.91. The largest absolute Gasteiger partial charge is 0.395 e. The Kier molecular flexibility index (Phi) is 5.36. The molecule has 0 radical (unpaired) electrons. The monoisotopic (exact) mass is 391 g/mol. The van der Waals surface area contributed by atoms with E-state index < -0.39 is 0 Å². The molecule has 6 heteroatoms. The maximum absolute atomic E-state index is 12.9. The standard InChI is InChI=1S/C18H22BrN3O2/c1-2-21(10-11-23)18(24)17-15-8-3-4-9-16(15)22(20-17)14-7-5-6-13(19)12-14/h5-7,12,23H,2-4,8-11H2,1H3. The number of fused-ring (bicyclic) bond motifs is 1. The molecule has 0 aliphatic heterocycles. The predicted molar refractivity (Wildman–Crippen MR) is 96.6 cm³/mol. The van der Waals surface area contributed by atoms with Gasteiger partial charge in [-0.15, -0.1) is 0 Å². The minimum atomic E-state index is -0.0848. The molecular weight excluding hydrogens is 370 g/mol. The number of carbonyl (C=O) groups is 1. The highest BCUT2D eigenvalue weighted by molar-refractivity contribution is 9.10. The van der Waals surface area contributed by atoms with Crippen molar-refractivity contribution in [3.05, 3.63) is 45.7 Å². The van der Waals surface area contributed by atoms with Crippen LogP contribution in [0.15, 0.2) is 28.7 Å². The minimum Gasteiger partial charge on any atom is -0.395 e. The minimum absolute atomic E-state index is 0.0336. The summed E-state index contributed by atoms with van der Waals surface area (Å²) in [5.74, 6) is -0.0848. The Bertz CT molecular complexity index is 742. The summed E-state index contributed by atoms with van der Waals surface area (Å²) in [4.78, 5) is 14.5. The molecule has 2 aromatic rings. The zero-order valence-corrected chi connectivity index (χ0v) is 15.4. The molecule has 0 bridgehead atoms. The summed E-state index contributed by atoms with van der Waals surface area (Å²) >= 11 is 3.50. The molecule has 1 N–H and O–H groups in total. The molecule has 0 saturated carbocycles. The Hall–Kier alpha value is -1.66. The molecule has 5 nitrogen and oxygen atoms in total. The number of rotatable bonds is 5. The van der Waals surface area contributed by atoms with E-state index in [9.17, 15) is 9.90 Å². The highest BCUT2D eigenvalue weighted by Gasteiger charge is 2.27. The van der Waals surface area contributed by atoms with Gasteiger partial charge in [0.05, 0.1) is 12.3 Å². The van der Waals surface area contributed by atoms with E-state index >= 15 is 0 Å². The summed E-state index contributed by atoms with van der Waals surface area (Å²) in [6.45, 7) is 2.80. The van der Waals surface area contributed by atoms with Crippen molar-refractivity contribution in [1.82, 2.24) is 14.7 Å². The number of hydrogen-bond acceptors (Lipinski definition) is 3. The topological polar surface area (TPSA) is 58.4 Å². The van der Waals surface area contributed by atoms with Crippen molar-refractivity contribution in [3.8, 4) is 5.69 Å². The van der Waals surface area contributed by atoms with Gasteiger partial charge in [-0.25, -0.2) is 4.68 Å². The fraction of sp³-hybridized carbons (Fsp3) is 0.444. The molecule has 0 atom stereocenters. The molecule has 1 heterocycles. The molecule has 1 aliphatic rings. The average Bonchev–Trinajstić information content (AvgIpc) is 2.99. The Morgan fingerprint density at radius 1 is 1.38 bits per heavy atom. The van der Waals surface area contributed by atoms with Gasteiger partial charge in [0.15, 0.2) is 5.69 Å². The van der Waals surface area contributed by atoms with E-state index in [1.807, 2.05) is 35.9 Å². The van der Waals surface area contributed by atoms with Gasteiger partial charge in [0.2, 0.25) is 0 Å². The first-order chi connectivity index (χ1) is 11.7. The highest BCUT2D eigenvalue weighted by Crippen LogP contribution is 2.28. The lowest BCUT2D eigenvalue weighted by Crippen LogP contribution is -2.34. The van der Waals surface area contributed by atoms with Crippen LogP contribution in [0.25, 0.3) is 5.69 Å². The van der Waals surface area contributed by atoms with Gasteiger partial charge in [-0.3, -0.25) is 4.79 Å². The Morgan fingerprint density at radius 3 is 2.88 bits per heavy atom. The molecule has 0 saturated heterocycles. The zero-order valence-electron chi connectivity index (χ0n) is 13.8. The van der Waals surface area contributed by atoms with E-state index in [1.54, 1.807) is 4.90 Å². The summed E-state index contributed by atoms with van der Waals surface area (Å²) in [5.41, 5.74) is 3.72. The van der Waals surface area contributed by atoms with Gasteiger partial charge in [-0.05, 0) is 50.8 Å². The first-order valence-electron chi connectivity index (χ1n) is 8.42. The predicted octanol–water partition coefficient (Wildman–Crippen LogP) is 2.97. The van der Waals surface area contributed by atoms with Crippen LogP contribution in [-0.2, 0) is 12.8 Å². The number of amides is 1. The normalized spacial score (nSPS) is 13.6. The summed E-state index contributed by atoms with van der Waals surface area (Å²) in [7, 11) is 0. The molecule has 1 aromatic heterocycles. The van der Waals surface area contributed by atoms with Crippen LogP contribution in [0.4, 0.5) is 0 Å². The van der Waals surface area contributed by atoms with Gasteiger partial charge in [0.1, 0.15) is 0 Å². The lowest BCUT2D eigenvalue weighted by Gasteiger charge is -2.19. The second-order valence-electron chi connectivity index (χ2n) is 5.98.